The summed E-state index contributed by atoms with van der Waals surface area (Å²) in [7, 11) is 0. The van der Waals surface area contributed by atoms with E-state index in [0.717, 1.165) is 12.1 Å². The van der Waals surface area contributed by atoms with E-state index in [9.17, 15) is 18.4 Å². The normalized spacial score (nSPS) is 15.5. The minimum Gasteiger partial charge on any atom is -0.462 e. The third-order valence-electron chi connectivity index (χ3n) is 3.04. The van der Waals surface area contributed by atoms with E-state index in [0.29, 0.717) is 12.8 Å². The van der Waals surface area contributed by atoms with E-state index in [2.05, 4.69) is 9.73 Å². The molecule has 0 heterocycles. The third kappa shape index (κ3) is 2.39. The Bertz CT molecular complexity index is 575. The van der Waals surface area contributed by atoms with Crippen molar-refractivity contribution in [1.29, 1.82) is 0 Å². The second-order valence-electron chi connectivity index (χ2n) is 4.27. The predicted octanol–water partition coefficient (Wildman–Crippen LogP) is 2.47. The van der Waals surface area contributed by atoms with Crippen molar-refractivity contribution in [1.82, 2.24) is 0 Å². The van der Waals surface area contributed by atoms with Crippen molar-refractivity contribution in [3.63, 3.8) is 0 Å². The second kappa shape index (κ2) is 4.90. The summed E-state index contributed by atoms with van der Waals surface area (Å²) >= 11 is 0. The van der Waals surface area contributed by atoms with Gasteiger partial charge in [0.15, 0.2) is 0 Å². The Morgan fingerprint density at radius 1 is 1.42 bits per heavy atom. The first-order valence-electron chi connectivity index (χ1n) is 5.80. The van der Waals surface area contributed by atoms with Gasteiger partial charge in [0.1, 0.15) is 17.2 Å². The van der Waals surface area contributed by atoms with Gasteiger partial charge in [-0.2, -0.15) is 4.99 Å². The van der Waals surface area contributed by atoms with Crippen molar-refractivity contribution in [3.05, 3.63) is 34.9 Å². The predicted molar refractivity (Wildman–Crippen MR) is 61.3 cm³/mol. The molecule has 1 aromatic carbocycles. The highest BCUT2D eigenvalue weighted by Crippen LogP contribution is 2.50. The molecule has 0 atom stereocenters. The van der Waals surface area contributed by atoms with E-state index in [1.165, 1.54) is 6.08 Å². The van der Waals surface area contributed by atoms with Crippen LogP contribution in [-0.2, 0) is 15.1 Å². The van der Waals surface area contributed by atoms with Gasteiger partial charge in [-0.15, -0.1) is 0 Å². The zero-order valence-electron chi connectivity index (χ0n) is 10.2. The molecule has 19 heavy (non-hydrogen) atoms. The summed E-state index contributed by atoms with van der Waals surface area (Å²) in [5, 5.41) is 0. The highest BCUT2D eigenvalue weighted by Gasteiger charge is 2.47. The van der Waals surface area contributed by atoms with Crippen LogP contribution in [0.2, 0.25) is 0 Å². The molecule has 0 unspecified atom stereocenters. The maximum Gasteiger partial charge on any atom is 0.341 e. The Morgan fingerprint density at radius 2 is 2.11 bits per heavy atom. The lowest BCUT2D eigenvalue weighted by Gasteiger charge is -2.11. The Kier molecular flexibility index (Phi) is 3.44. The van der Waals surface area contributed by atoms with Gasteiger partial charge in [0, 0.05) is 5.56 Å². The molecule has 0 bridgehead atoms. The zero-order chi connectivity index (χ0) is 14.0. The molecule has 1 aromatic rings. The topological polar surface area (TPSA) is 55.7 Å². The van der Waals surface area contributed by atoms with Crippen LogP contribution in [0.3, 0.4) is 0 Å². The van der Waals surface area contributed by atoms with Crippen molar-refractivity contribution >= 4 is 12.0 Å². The molecule has 4 nitrogen and oxygen atoms in total. The molecular formula is C13H11F2NO3. The summed E-state index contributed by atoms with van der Waals surface area (Å²) in [6.07, 6.45) is 2.28. The highest BCUT2D eigenvalue weighted by molar-refractivity contribution is 5.89. The van der Waals surface area contributed by atoms with Gasteiger partial charge in [0.05, 0.1) is 12.2 Å². The van der Waals surface area contributed by atoms with Crippen LogP contribution in [0.1, 0.15) is 35.7 Å². The number of ether oxygens (including phenoxy) is 1. The van der Waals surface area contributed by atoms with Gasteiger partial charge in [0.25, 0.3) is 0 Å². The van der Waals surface area contributed by atoms with Crippen molar-refractivity contribution in [3.8, 4) is 0 Å². The lowest BCUT2D eigenvalue weighted by atomic mass is 10.0. The minimum atomic E-state index is -1.01. The SMILES string of the molecule is CCOC(=O)c1cc(F)c(C2(N=C=O)CC2)cc1F. The molecule has 1 aliphatic carbocycles. The Hall–Kier alpha value is -2.07. The Balaban J connectivity index is 2.43. The molecule has 0 radical (unpaired) electrons. The maximum atomic E-state index is 13.9. The molecular weight excluding hydrogens is 256 g/mol. The fourth-order valence-corrected chi connectivity index (χ4v) is 1.92. The van der Waals surface area contributed by atoms with Crippen LogP contribution < -0.4 is 0 Å². The van der Waals surface area contributed by atoms with Crippen LogP contribution in [0.5, 0.6) is 0 Å². The van der Waals surface area contributed by atoms with Gasteiger partial charge in [-0.3, -0.25) is 0 Å². The standard InChI is InChI=1S/C13H11F2NO3/c1-2-19-12(18)8-5-11(15)9(6-10(8)14)13(3-4-13)16-7-17/h5-6H,2-4H2,1H3. The van der Waals surface area contributed by atoms with E-state index in [-0.39, 0.29) is 12.2 Å². The van der Waals surface area contributed by atoms with E-state index >= 15 is 0 Å². The first kappa shape index (κ1) is 13.4. The van der Waals surface area contributed by atoms with Crippen molar-refractivity contribution in [2.75, 3.05) is 6.61 Å². The number of hydrogen-bond acceptors (Lipinski definition) is 4. The first-order chi connectivity index (χ1) is 9.04. The average Bonchev–Trinajstić information content (AvgIpc) is 3.13. The molecule has 0 spiro atoms. The zero-order valence-corrected chi connectivity index (χ0v) is 10.2. The Morgan fingerprint density at radius 3 is 2.63 bits per heavy atom. The van der Waals surface area contributed by atoms with Gasteiger partial charge in [0.2, 0.25) is 6.08 Å². The number of esters is 1. The largest absolute Gasteiger partial charge is 0.462 e. The molecule has 1 fully saturated rings. The summed E-state index contributed by atoms with van der Waals surface area (Å²) in [5.41, 5.74) is -1.50. The van der Waals surface area contributed by atoms with Crippen LogP contribution in [0.4, 0.5) is 8.78 Å². The van der Waals surface area contributed by atoms with Crippen molar-refractivity contribution in [2.24, 2.45) is 4.99 Å². The van der Waals surface area contributed by atoms with Gasteiger partial charge < -0.3 is 4.74 Å². The molecule has 100 valence electrons. The number of carbonyl (C=O) groups is 1. The number of halogens is 2. The monoisotopic (exact) mass is 267 g/mol. The molecule has 1 aliphatic rings. The number of aliphatic imine (C=N–C) groups is 1. The highest BCUT2D eigenvalue weighted by atomic mass is 19.1. The molecule has 0 aromatic heterocycles. The van der Waals surface area contributed by atoms with Crippen LogP contribution in [0.25, 0.3) is 0 Å². The average molecular weight is 267 g/mol. The number of rotatable bonds is 4. The van der Waals surface area contributed by atoms with Crippen molar-refractivity contribution < 1.29 is 23.1 Å². The summed E-state index contributed by atoms with van der Waals surface area (Å²) in [4.78, 5) is 25.2. The van der Waals surface area contributed by atoms with E-state index in [4.69, 9.17) is 0 Å². The van der Waals surface area contributed by atoms with Gasteiger partial charge in [-0.25, -0.2) is 18.4 Å². The second-order valence-corrected chi connectivity index (χ2v) is 4.27. The molecule has 2 rings (SSSR count). The molecule has 0 amide bonds. The summed E-state index contributed by atoms with van der Waals surface area (Å²) in [6, 6.07) is 1.68. The Labute approximate surface area is 108 Å². The van der Waals surface area contributed by atoms with Crippen LogP contribution in [-0.4, -0.2) is 18.7 Å². The molecule has 0 N–H and O–H groups in total. The molecule has 6 heteroatoms. The third-order valence-corrected chi connectivity index (χ3v) is 3.04. The number of hydrogen-bond donors (Lipinski definition) is 0. The molecule has 0 saturated heterocycles. The number of benzene rings is 1. The summed E-state index contributed by atoms with van der Waals surface area (Å²) in [5.74, 6) is -2.59. The first-order valence-corrected chi connectivity index (χ1v) is 5.80. The van der Waals surface area contributed by atoms with Gasteiger partial charge >= 0.3 is 5.97 Å². The maximum absolute atomic E-state index is 13.9. The van der Waals surface area contributed by atoms with Crippen LogP contribution in [0, 0.1) is 11.6 Å². The molecule has 0 aliphatic heterocycles. The smallest absolute Gasteiger partial charge is 0.341 e. The minimum absolute atomic E-state index is 0.0265. The van der Waals surface area contributed by atoms with E-state index in [1.807, 2.05) is 0 Å². The lowest BCUT2D eigenvalue weighted by molar-refractivity contribution is 0.0520. The number of carbonyl (C=O) groups excluding carboxylic acids is 2. The van der Waals surface area contributed by atoms with E-state index in [1.54, 1.807) is 6.92 Å². The van der Waals surface area contributed by atoms with Crippen LogP contribution >= 0.6 is 0 Å². The molecule has 1 saturated carbocycles. The summed E-state index contributed by atoms with van der Waals surface area (Å²) < 4.78 is 32.3. The number of nitrogens with zero attached hydrogens (tertiary/aromatic N) is 1. The quantitative estimate of drug-likeness (QED) is 0.478. The lowest BCUT2D eigenvalue weighted by Crippen LogP contribution is -2.12. The fraction of sp³-hybridized carbons (Fsp3) is 0.385. The fourth-order valence-electron chi connectivity index (χ4n) is 1.92. The van der Waals surface area contributed by atoms with Crippen molar-refractivity contribution in [2.45, 2.75) is 25.3 Å². The van der Waals surface area contributed by atoms with Gasteiger partial charge in [-0.1, -0.05) is 0 Å². The summed E-state index contributed by atoms with van der Waals surface area (Å²) in [6.45, 7) is 1.64. The van der Waals surface area contributed by atoms with Gasteiger partial charge in [-0.05, 0) is 31.9 Å². The number of isocyanates is 1. The van der Waals surface area contributed by atoms with E-state index < -0.39 is 28.7 Å². The van der Waals surface area contributed by atoms with Crippen LogP contribution in [0.15, 0.2) is 17.1 Å².